The van der Waals surface area contributed by atoms with Gasteiger partial charge in [-0.1, -0.05) is 24.3 Å². The van der Waals surface area contributed by atoms with Gasteiger partial charge in [-0.25, -0.2) is 4.79 Å². The van der Waals surface area contributed by atoms with E-state index >= 15 is 0 Å². The lowest BCUT2D eigenvalue weighted by Crippen LogP contribution is -2.24. The summed E-state index contributed by atoms with van der Waals surface area (Å²) in [5.74, 6) is -1.58. The van der Waals surface area contributed by atoms with Crippen LogP contribution < -0.4 is 5.32 Å². The van der Waals surface area contributed by atoms with Crippen molar-refractivity contribution in [2.45, 2.75) is 20.0 Å². The molecule has 28 heavy (non-hydrogen) atoms. The van der Waals surface area contributed by atoms with Crippen molar-refractivity contribution in [3.05, 3.63) is 71.8 Å². The number of phenols is 1. The monoisotopic (exact) mass is 377 g/mol. The van der Waals surface area contributed by atoms with Gasteiger partial charge in [-0.05, 0) is 54.1 Å². The van der Waals surface area contributed by atoms with Gasteiger partial charge in [-0.2, -0.15) is 0 Å². The smallest absolute Gasteiger partial charge is 0.342 e. The molecule has 6 heteroatoms. The number of Topliss-reactive ketones (excluding diaryl/α,β-unsaturated/α-hetero) is 1. The van der Waals surface area contributed by atoms with Crippen LogP contribution in [-0.2, 0) is 9.53 Å². The quantitative estimate of drug-likeness (QED) is 0.519. The molecule has 1 atom stereocenters. The first-order chi connectivity index (χ1) is 13.3. The number of carbonyl (C=O) groups excluding carboxylic acids is 3. The lowest BCUT2D eigenvalue weighted by Gasteiger charge is -2.14. The Kier molecular flexibility index (Phi) is 5.40. The summed E-state index contributed by atoms with van der Waals surface area (Å²) >= 11 is 0. The minimum atomic E-state index is -1.04. The Morgan fingerprint density at radius 1 is 0.964 bits per heavy atom. The number of carbonyl (C=O) groups is 3. The third kappa shape index (κ3) is 4.17. The number of hydrogen-bond acceptors (Lipinski definition) is 5. The number of nitrogens with one attached hydrogen (secondary N) is 1. The van der Waals surface area contributed by atoms with Crippen molar-refractivity contribution in [3.63, 3.8) is 0 Å². The predicted octanol–water partition coefficient (Wildman–Crippen LogP) is 3.93. The summed E-state index contributed by atoms with van der Waals surface area (Å²) in [6.45, 7) is 2.86. The van der Waals surface area contributed by atoms with E-state index in [-0.39, 0.29) is 23.0 Å². The largest absolute Gasteiger partial charge is 0.507 e. The van der Waals surface area contributed by atoms with Crippen LogP contribution in [0.5, 0.6) is 5.75 Å². The van der Waals surface area contributed by atoms with Crippen LogP contribution in [-0.4, -0.2) is 28.9 Å². The molecule has 3 aromatic rings. The van der Waals surface area contributed by atoms with Gasteiger partial charge < -0.3 is 15.2 Å². The molecule has 0 aliphatic carbocycles. The third-order valence-electron chi connectivity index (χ3n) is 4.23. The summed E-state index contributed by atoms with van der Waals surface area (Å²) in [6.07, 6.45) is -1.04. The Hall–Kier alpha value is -3.67. The zero-order valence-corrected chi connectivity index (χ0v) is 15.4. The van der Waals surface area contributed by atoms with Crippen LogP contribution in [0.25, 0.3) is 10.8 Å². The fraction of sp³-hybridized carbons (Fsp3) is 0.136. The number of benzene rings is 3. The molecule has 3 rings (SSSR count). The molecular formula is C22H19NO5. The van der Waals surface area contributed by atoms with Crippen molar-refractivity contribution in [1.82, 2.24) is 0 Å². The molecule has 0 bridgehead atoms. The van der Waals surface area contributed by atoms with E-state index in [9.17, 15) is 19.5 Å². The minimum Gasteiger partial charge on any atom is -0.507 e. The summed E-state index contributed by atoms with van der Waals surface area (Å²) in [5.41, 5.74) is 0.909. The first-order valence-electron chi connectivity index (χ1n) is 8.70. The van der Waals surface area contributed by atoms with Gasteiger partial charge in [0.1, 0.15) is 11.3 Å². The molecule has 0 aliphatic rings. The lowest BCUT2D eigenvalue weighted by molar-refractivity contribution is -0.114. The van der Waals surface area contributed by atoms with Crippen LogP contribution in [0.2, 0.25) is 0 Å². The van der Waals surface area contributed by atoms with Gasteiger partial charge in [0, 0.05) is 18.2 Å². The highest BCUT2D eigenvalue weighted by atomic mass is 16.5. The summed E-state index contributed by atoms with van der Waals surface area (Å²) < 4.78 is 5.26. The third-order valence-corrected chi connectivity index (χ3v) is 4.23. The number of esters is 1. The predicted molar refractivity (Wildman–Crippen MR) is 106 cm³/mol. The van der Waals surface area contributed by atoms with Crippen LogP contribution in [0.4, 0.5) is 5.69 Å². The molecule has 0 spiro atoms. The molecule has 0 saturated carbocycles. The van der Waals surface area contributed by atoms with Crippen molar-refractivity contribution in [2.24, 2.45) is 0 Å². The van der Waals surface area contributed by atoms with Gasteiger partial charge in [0.15, 0.2) is 6.10 Å². The Morgan fingerprint density at radius 2 is 1.57 bits per heavy atom. The van der Waals surface area contributed by atoms with Crippen molar-refractivity contribution in [1.29, 1.82) is 0 Å². The number of ketones is 1. The van der Waals surface area contributed by atoms with Gasteiger partial charge in [-0.3, -0.25) is 9.59 Å². The van der Waals surface area contributed by atoms with Crippen molar-refractivity contribution in [3.8, 4) is 5.75 Å². The molecule has 6 nitrogen and oxygen atoms in total. The average molecular weight is 377 g/mol. The summed E-state index contributed by atoms with van der Waals surface area (Å²) in [6, 6.07) is 16.6. The molecule has 0 aromatic heterocycles. The van der Waals surface area contributed by atoms with Gasteiger partial charge in [0.25, 0.3) is 0 Å². The second kappa shape index (κ2) is 7.92. The fourth-order valence-corrected chi connectivity index (χ4v) is 2.83. The number of amides is 1. The standard InChI is InChI=1S/C22H19NO5/c1-13(21(26)15-7-9-18(10-8-15)23-14(2)24)28-22(27)19-11-16-5-3-4-6-17(16)12-20(19)25/h3-13,25H,1-2H3,(H,23,24)/t13-/m0/s1. The highest BCUT2D eigenvalue weighted by Crippen LogP contribution is 2.26. The normalized spacial score (nSPS) is 11.6. The number of hydrogen-bond donors (Lipinski definition) is 2. The maximum Gasteiger partial charge on any atom is 0.342 e. The van der Waals surface area contributed by atoms with E-state index in [1.54, 1.807) is 24.3 Å². The van der Waals surface area contributed by atoms with E-state index in [0.29, 0.717) is 11.3 Å². The number of phenolic OH excluding ortho intramolecular Hbond substituents is 1. The van der Waals surface area contributed by atoms with Gasteiger partial charge in [0.2, 0.25) is 11.7 Å². The Balaban J connectivity index is 1.74. The summed E-state index contributed by atoms with van der Waals surface area (Å²) in [7, 11) is 0. The molecule has 0 heterocycles. The van der Waals surface area contributed by atoms with E-state index in [1.165, 1.54) is 26.0 Å². The second-order valence-corrected chi connectivity index (χ2v) is 6.39. The Labute approximate surface area is 161 Å². The minimum absolute atomic E-state index is 0.000596. The second-order valence-electron chi connectivity index (χ2n) is 6.39. The molecule has 142 valence electrons. The molecule has 0 fully saturated rings. The molecule has 3 aromatic carbocycles. The Bertz CT molecular complexity index is 1060. The van der Waals surface area contributed by atoms with Crippen LogP contribution >= 0.6 is 0 Å². The number of fused-ring (bicyclic) bond motifs is 1. The maximum atomic E-state index is 12.5. The number of aromatic hydroxyl groups is 1. The average Bonchev–Trinajstić information content (AvgIpc) is 2.66. The van der Waals surface area contributed by atoms with Crippen molar-refractivity contribution < 1.29 is 24.2 Å². The molecule has 0 radical (unpaired) electrons. The van der Waals surface area contributed by atoms with E-state index in [4.69, 9.17) is 4.74 Å². The first kappa shape index (κ1) is 19.1. The molecule has 0 unspecified atom stereocenters. The van der Waals surface area contributed by atoms with E-state index in [2.05, 4.69) is 5.32 Å². The maximum absolute atomic E-state index is 12.5. The highest BCUT2D eigenvalue weighted by molar-refractivity contribution is 6.03. The molecule has 2 N–H and O–H groups in total. The highest BCUT2D eigenvalue weighted by Gasteiger charge is 2.22. The number of rotatable bonds is 5. The zero-order valence-electron chi connectivity index (χ0n) is 15.4. The van der Waals surface area contributed by atoms with Gasteiger partial charge >= 0.3 is 5.97 Å². The van der Waals surface area contributed by atoms with Crippen molar-refractivity contribution in [2.75, 3.05) is 5.32 Å². The molecule has 0 saturated heterocycles. The van der Waals surface area contributed by atoms with Crippen LogP contribution in [0.3, 0.4) is 0 Å². The van der Waals surface area contributed by atoms with E-state index in [1.807, 2.05) is 24.3 Å². The van der Waals surface area contributed by atoms with Crippen LogP contribution in [0.15, 0.2) is 60.7 Å². The summed E-state index contributed by atoms with van der Waals surface area (Å²) in [5, 5.41) is 14.3. The number of ether oxygens (including phenoxy) is 1. The summed E-state index contributed by atoms with van der Waals surface area (Å²) in [4.78, 5) is 36.0. The van der Waals surface area contributed by atoms with Crippen LogP contribution in [0, 0.1) is 0 Å². The fourth-order valence-electron chi connectivity index (χ4n) is 2.83. The first-order valence-corrected chi connectivity index (χ1v) is 8.70. The topological polar surface area (TPSA) is 92.7 Å². The lowest BCUT2D eigenvalue weighted by atomic mass is 10.1. The van der Waals surface area contributed by atoms with Gasteiger partial charge in [-0.15, -0.1) is 0 Å². The Morgan fingerprint density at radius 3 is 2.18 bits per heavy atom. The molecule has 0 aliphatic heterocycles. The van der Waals surface area contributed by atoms with E-state index in [0.717, 1.165) is 10.8 Å². The molecular weight excluding hydrogens is 358 g/mol. The van der Waals surface area contributed by atoms with Crippen molar-refractivity contribution >= 4 is 34.1 Å². The van der Waals surface area contributed by atoms with E-state index < -0.39 is 12.1 Å². The SMILES string of the molecule is CC(=O)Nc1ccc(C(=O)[C@H](C)OC(=O)c2cc3ccccc3cc2O)cc1. The number of anilines is 1. The van der Waals surface area contributed by atoms with Gasteiger partial charge in [0.05, 0.1) is 0 Å². The van der Waals surface area contributed by atoms with Crippen LogP contribution in [0.1, 0.15) is 34.6 Å². The zero-order chi connectivity index (χ0) is 20.3. The molecule has 1 amide bonds.